The number of likely N-dealkylation sites (tertiary alicyclic amines) is 1. The van der Waals surface area contributed by atoms with E-state index >= 15 is 0 Å². The van der Waals surface area contributed by atoms with Crippen molar-refractivity contribution in [3.63, 3.8) is 0 Å². The number of benzene rings is 2. The number of carbonyl (C=O) groups is 3. The summed E-state index contributed by atoms with van der Waals surface area (Å²) in [6, 6.07) is 11.0. The Labute approximate surface area is 235 Å². The molecule has 0 bridgehead atoms. The first-order chi connectivity index (χ1) is 19.2. The van der Waals surface area contributed by atoms with Gasteiger partial charge >= 0.3 is 0 Å². The molecule has 2 N–H and O–H groups in total. The largest absolute Gasteiger partial charge is 0.348 e. The highest BCUT2D eigenvalue weighted by molar-refractivity contribution is 6.31. The van der Waals surface area contributed by atoms with E-state index in [-0.39, 0.29) is 18.7 Å². The van der Waals surface area contributed by atoms with Crippen LogP contribution in [0.3, 0.4) is 0 Å². The molecule has 3 aromatic rings. The topological polar surface area (TPSA) is 91.4 Å². The number of nitrogens with zero attached hydrogens (tertiary/aromatic N) is 2. The van der Waals surface area contributed by atoms with Crippen LogP contribution in [0.5, 0.6) is 0 Å². The van der Waals surface area contributed by atoms with Crippen molar-refractivity contribution >= 4 is 46.3 Å². The number of halogens is 3. The van der Waals surface area contributed by atoms with E-state index in [1.807, 2.05) is 18.2 Å². The molecule has 3 amide bonds. The van der Waals surface area contributed by atoms with E-state index < -0.39 is 48.3 Å². The van der Waals surface area contributed by atoms with Crippen molar-refractivity contribution < 1.29 is 23.2 Å². The number of carbonyl (C=O) groups excluding carboxylic acids is 3. The van der Waals surface area contributed by atoms with Crippen molar-refractivity contribution in [2.75, 3.05) is 13.1 Å². The minimum absolute atomic E-state index is 0.0473. The van der Waals surface area contributed by atoms with Crippen molar-refractivity contribution in [2.24, 2.45) is 5.92 Å². The summed E-state index contributed by atoms with van der Waals surface area (Å²) in [5.74, 6) is -1.55. The number of hydrogen-bond acceptors (Lipinski definition) is 4. The summed E-state index contributed by atoms with van der Waals surface area (Å²) in [4.78, 5) is 44.2. The van der Waals surface area contributed by atoms with E-state index in [0.29, 0.717) is 21.8 Å². The fourth-order valence-electron chi connectivity index (χ4n) is 4.95. The maximum Gasteiger partial charge on any atom is 0.270 e. The molecule has 1 saturated carbocycles. The van der Waals surface area contributed by atoms with E-state index in [2.05, 4.69) is 21.7 Å². The predicted octanol–water partition coefficient (Wildman–Crippen LogP) is 5.00. The van der Waals surface area contributed by atoms with Gasteiger partial charge in [-0.1, -0.05) is 42.0 Å². The monoisotopic (exact) mass is 566 g/mol. The standard InChI is InChI=1S/C30H29ClF2N4O3/c1-17(28-19(3-2-4-23(28)31)8-7-18-5-6-18)35-30(40)26-14-22(33)16-37(26)27(38)15-34-29(39)25-11-9-20-13-21(32)10-12-24(20)36-25/h2-4,7-13,17-18,22,26H,5-6,14-16H2,1H3,(H,34,39)(H,35,40)/b8-7+/t17-,22+,26?/m0/s1. The van der Waals surface area contributed by atoms with Crippen molar-refractivity contribution in [3.8, 4) is 0 Å². The van der Waals surface area contributed by atoms with E-state index in [0.717, 1.165) is 28.9 Å². The second-order valence-electron chi connectivity index (χ2n) is 10.3. The zero-order valence-corrected chi connectivity index (χ0v) is 22.6. The molecule has 2 heterocycles. The van der Waals surface area contributed by atoms with Gasteiger partial charge in [0.05, 0.1) is 24.6 Å². The Morgan fingerprint density at radius 3 is 2.75 bits per heavy atom. The molecule has 1 aromatic heterocycles. The van der Waals surface area contributed by atoms with Gasteiger partial charge < -0.3 is 15.5 Å². The third-order valence-corrected chi connectivity index (χ3v) is 7.54. The second-order valence-corrected chi connectivity index (χ2v) is 10.7. The van der Waals surface area contributed by atoms with Crippen LogP contribution in [-0.2, 0) is 9.59 Å². The SMILES string of the molecule is C[C@H](NC(=O)C1C[C@@H](F)CN1C(=O)CNC(=O)c1ccc2cc(F)ccc2n1)c1c(Cl)cccc1/C=C/C1CC1. The van der Waals surface area contributed by atoms with Gasteiger partial charge in [-0.25, -0.2) is 13.8 Å². The molecule has 2 aliphatic rings. The number of nitrogens with one attached hydrogen (secondary N) is 2. The molecule has 2 aromatic carbocycles. The highest BCUT2D eigenvalue weighted by Crippen LogP contribution is 2.33. The summed E-state index contributed by atoms with van der Waals surface area (Å²) >= 11 is 6.49. The first kappa shape index (κ1) is 27.7. The lowest BCUT2D eigenvalue weighted by Crippen LogP contribution is -2.49. The quantitative estimate of drug-likeness (QED) is 0.402. The number of aromatic nitrogens is 1. The van der Waals surface area contributed by atoms with Gasteiger partial charge in [0.1, 0.15) is 23.7 Å². The Hall–Kier alpha value is -3.85. The van der Waals surface area contributed by atoms with Crippen LogP contribution in [-0.4, -0.2) is 52.9 Å². The number of amides is 3. The van der Waals surface area contributed by atoms with Gasteiger partial charge in [-0.15, -0.1) is 0 Å². The fraction of sp³-hybridized carbons (Fsp3) is 0.333. The van der Waals surface area contributed by atoms with Crippen LogP contribution in [0.2, 0.25) is 5.02 Å². The van der Waals surface area contributed by atoms with Gasteiger partial charge in [-0.05, 0) is 67.1 Å². The zero-order valence-electron chi connectivity index (χ0n) is 21.9. The highest BCUT2D eigenvalue weighted by Gasteiger charge is 2.40. The van der Waals surface area contributed by atoms with Crippen LogP contribution in [0.4, 0.5) is 8.78 Å². The third kappa shape index (κ3) is 6.31. The molecular formula is C30H29ClF2N4O3. The Morgan fingerprint density at radius 2 is 1.98 bits per heavy atom. The zero-order chi connectivity index (χ0) is 28.4. The van der Waals surface area contributed by atoms with Crippen LogP contribution in [0.25, 0.3) is 17.0 Å². The number of hydrogen-bond donors (Lipinski definition) is 2. The highest BCUT2D eigenvalue weighted by atomic mass is 35.5. The second kappa shape index (κ2) is 11.7. The summed E-state index contributed by atoms with van der Waals surface area (Å²) in [5.41, 5.74) is 2.12. The average Bonchev–Trinajstić information content (AvgIpc) is 3.68. The molecule has 0 radical (unpaired) electrons. The molecule has 1 aliphatic carbocycles. The normalized spacial score (nSPS) is 19.6. The van der Waals surface area contributed by atoms with E-state index in [1.54, 1.807) is 19.1 Å². The fourth-order valence-corrected chi connectivity index (χ4v) is 5.29. The smallest absolute Gasteiger partial charge is 0.270 e. The van der Waals surface area contributed by atoms with E-state index in [1.165, 1.54) is 24.3 Å². The molecule has 10 heteroatoms. The maximum absolute atomic E-state index is 14.4. The molecule has 1 aliphatic heterocycles. The van der Waals surface area contributed by atoms with Crippen LogP contribution >= 0.6 is 11.6 Å². The number of allylic oxidation sites excluding steroid dienone is 1. The Balaban J connectivity index is 1.23. The summed E-state index contributed by atoms with van der Waals surface area (Å²) in [5, 5.41) is 6.42. The van der Waals surface area contributed by atoms with E-state index in [9.17, 15) is 23.2 Å². The van der Waals surface area contributed by atoms with Gasteiger partial charge in [-0.2, -0.15) is 0 Å². The summed E-state index contributed by atoms with van der Waals surface area (Å²) < 4.78 is 27.8. The van der Waals surface area contributed by atoms with Crippen molar-refractivity contribution in [1.82, 2.24) is 20.5 Å². The average molecular weight is 567 g/mol. The van der Waals surface area contributed by atoms with E-state index in [4.69, 9.17) is 11.6 Å². The molecule has 1 unspecified atom stereocenters. The lowest BCUT2D eigenvalue weighted by Gasteiger charge is -2.26. The maximum atomic E-state index is 14.4. The molecule has 5 rings (SSSR count). The Morgan fingerprint density at radius 1 is 1.18 bits per heavy atom. The third-order valence-electron chi connectivity index (χ3n) is 7.21. The Kier molecular flexibility index (Phi) is 8.12. The van der Waals surface area contributed by atoms with Gasteiger partial charge in [0.15, 0.2) is 0 Å². The predicted molar refractivity (Wildman–Crippen MR) is 149 cm³/mol. The minimum atomic E-state index is -1.37. The molecule has 1 saturated heterocycles. The minimum Gasteiger partial charge on any atom is -0.348 e. The molecule has 0 spiro atoms. The van der Waals surface area contributed by atoms with Crippen LogP contribution in [0.1, 0.15) is 53.8 Å². The molecule has 40 heavy (non-hydrogen) atoms. The van der Waals surface area contributed by atoms with Gasteiger partial charge in [-0.3, -0.25) is 14.4 Å². The molecule has 208 valence electrons. The van der Waals surface area contributed by atoms with Crippen molar-refractivity contribution in [2.45, 2.75) is 44.4 Å². The lowest BCUT2D eigenvalue weighted by atomic mass is 10.00. The summed E-state index contributed by atoms with van der Waals surface area (Å²) in [7, 11) is 0. The summed E-state index contributed by atoms with van der Waals surface area (Å²) in [6.45, 7) is 1.11. The number of alkyl halides is 1. The van der Waals surface area contributed by atoms with Crippen LogP contribution in [0.15, 0.2) is 54.6 Å². The molecule has 2 fully saturated rings. The molecule has 3 atom stereocenters. The number of rotatable bonds is 8. The van der Waals surface area contributed by atoms with Gasteiger partial charge in [0, 0.05) is 16.8 Å². The van der Waals surface area contributed by atoms with Crippen LogP contribution < -0.4 is 10.6 Å². The molecular weight excluding hydrogens is 538 g/mol. The number of pyridine rings is 1. The van der Waals surface area contributed by atoms with Crippen molar-refractivity contribution in [3.05, 3.63) is 82.3 Å². The number of fused-ring (bicyclic) bond motifs is 1. The van der Waals surface area contributed by atoms with Crippen molar-refractivity contribution in [1.29, 1.82) is 0 Å². The van der Waals surface area contributed by atoms with Gasteiger partial charge in [0.25, 0.3) is 5.91 Å². The summed E-state index contributed by atoms with van der Waals surface area (Å²) in [6.07, 6.45) is 4.96. The first-order valence-corrected chi connectivity index (χ1v) is 13.6. The lowest BCUT2D eigenvalue weighted by molar-refractivity contribution is -0.138. The Bertz CT molecular complexity index is 1490. The molecule has 7 nitrogen and oxygen atoms in total. The van der Waals surface area contributed by atoms with Gasteiger partial charge in [0.2, 0.25) is 11.8 Å². The first-order valence-electron chi connectivity index (χ1n) is 13.2. The van der Waals surface area contributed by atoms with Crippen LogP contribution in [0, 0.1) is 11.7 Å².